The molecular weight excluding hydrogens is 274 g/mol. The Kier molecular flexibility index (Phi) is 4.63. The van der Waals surface area contributed by atoms with Crippen molar-refractivity contribution in [2.45, 2.75) is 41.4 Å². The highest BCUT2D eigenvalue weighted by Crippen LogP contribution is 2.38. The summed E-state index contributed by atoms with van der Waals surface area (Å²) >= 11 is 1.70. The fraction of sp³-hybridized carbons (Fsp3) is 0.500. The number of nitrogens with one attached hydrogen (secondary N) is 1. The van der Waals surface area contributed by atoms with Crippen molar-refractivity contribution in [3.05, 3.63) is 34.4 Å². The molecule has 2 rings (SSSR count). The smallest absolute Gasteiger partial charge is 0.269 e. The van der Waals surface area contributed by atoms with Gasteiger partial charge >= 0.3 is 0 Å². The lowest BCUT2D eigenvalue weighted by molar-refractivity contribution is -0.384. The van der Waals surface area contributed by atoms with Gasteiger partial charge in [0.1, 0.15) is 5.54 Å². The summed E-state index contributed by atoms with van der Waals surface area (Å²) in [5, 5.41) is 23.5. The van der Waals surface area contributed by atoms with Gasteiger partial charge in [0.2, 0.25) is 0 Å². The van der Waals surface area contributed by atoms with Gasteiger partial charge in [0.15, 0.2) is 0 Å². The molecule has 0 heterocycles. The van der Waals surface area contributed by atoms with Crippen LogP contribution in [0, 0.1) is 21.4 Å². The first-order valence-electron chi connectivity index (χ1n) is 6.60. The van der Waals surface area contributed by atoms with Gasteiger partial charge in [-0.2, -0.15) is 5.26 Å². The van der Waals surface area contributed by atoms with Crippen molar-refractivity contribution in [3.63, 3.8) is 0 Å². The van der Waals surface area contributed by atoms with Crippen LogP contribution >= 0.6 is 11.8 Å². The summed E-state index contributed by atoms with van der Waals surface area (Å²) in [7, 11) is 1.84. The van der Waals surface area contributed by atoms with Crippen molar-refractivity contribution in [1.29, 1.82) is 5.26 Å². The number of nitrogens with zero attached hydrogens (tertiary/aromatic N) is 2. The third kappa shape index (κ3) is 3.30. The average molecular weight is 291 g/mol. The Morgan fingerprint density at radius 2 is 2.20 bits per heavy atom. The molecule has 1 aromatic carbocycles. The fourth-order valence-corrected chi connectivity index (χ4v) is 3.88. The Hall–Kier alpha value is -1.58. The summed E-state index contributed by atoms with van der Waals surface area (Å²) in [4.78, 5) is 11.2. The number of benzene rings is 1. The van der Waals surface area contributed by atoms with Crippen LogP contribution in [0.3, 0.4) is 0 Å². The minimum atomic E-state index is -0.420. The van der Waals surface area contributed by atoms with Gasteiger partial charge in [0.05, 0.1) is 11.0 Å². The third-order valence-corrected chi connectivity index (χ3v) is 5.03. The minimum absolute atomic E-state index is 0.111. The second-order valence-corrected chi connectivity index (χ2v) is 6.40. The first kappa shape index (κ1) is 14.8. The summed E-state index contributed by atoms with van der Waals surface area (Å²) in [6, 6.07) is 9.02. The van der Waals surface area contributed by atoms with Gasteiger partial charge in [-0.15, -0.1) is 11.8 Å². The van der Waals surface area contributed by atoms with E-state index in [2.05, 4.69) is 11.4 Å². The van der Waals surface area contributed by atoms with Crippen LogP contribution in [0.4, 0.5) is 5.69 Å². The number of hydrogen-bond acceptors (Lipinski definition) is 5. The van der Waals surface area contributed by atoms with Crippen LogP contribution in [-0.2, 0) is 0 Å². The SMILES string of the molecule is CNC1(C#N)CCCC(Sc2ccc([N+](=O)[O-])cc2)C1. The highest BCUT2D eigenvalue weighted by molar-refractivity contribution is 8.00. The summed E-state index contributed by atoms with van der Waals surface area (Å²) < 4.78 is 0. The number of nitro groups is 1. The number of non-ortho nitro benzene ring substituents is 1. The van der Waals surface area contributed by atoms with Crippen LogP contribution in [0.25, 0.3) is 0 Å². The second kappa shape index (κ2) is 6.25. The molecule has 2 unspecified atom stereocenters. The molecule has 0 aliphatic heterocycles. The molecule has 1 aliphatic carbocycles. The number of thioether (sulfide) groups is 1. The van der Waals surface area contributed by atoms with Crippen LogP contribution in [-0.4, -0.2) is 22.8 Å². The molecule has 0 saturated heterocycles. The predicted molar refractivity (Wildman–Crippen MR) is 78.6 cm³/mol. The Balaban J connectivity index is 2.03. The van der Waals surface area contributed by atoms with E-state index in [4.69, 9.17) is 0 Å². The van der Waals surface area contributed by atoms with Crippen LogP contribution in [0.1, 0.15) is 25.7 Å². The molecule has 0 radical (unpaired) electrons. The van der Waals surface area contributed by atoms with E-state index in [1.807, 2.05) is 7.05 Å². The van der Waals surface area contributed by atoms with Gasteiger partial charge in [0.25, 0.3) is 5.69 Å². The molecule has 0 bridgehead atoms. The number of rotatable bonds is 4. The summed E-state index contributed by atoms with van der Waals surface area (Å²) in [5.41, 5.74) is -0.309. The van der Waals surface area contributed by atoms with E-state index in [1.54, 1.807) is 23.9 Å². The topological polar surface area (TPSA) is 79.0 Å². The molecule has 1 N–H and O–H groups in total. The first-order chi connectivity index (χ1) is 9.58. The van der Waals surface area contributed by atoms with E-state index < -0.39 is 10.5 Å². The van der Waals surface area contributed by atoms with Crippen molar-refractivity contribution in [2.75, 3.05) is 7.05 Å². The highest BCUT2D eigenvalue weighted by atomic mass is 32.2. The summed E-state index contributed by atoms with van der Waals surface area (Å²) in [6.45, 7) is 0. The van der Waals surface area contributed by atoms with Crippen molar-refractivity contribution in [3.8, 4) is 6.07 Å². The van der Waals surface area contributed by atoms with Crippen LogP contribution in [0.2, 0.25) is 0 Å². The Morgan fingerprint density at radius 1 is 1.50 bits per heavy atom. The summed E-state index contributed by atoms with van der Waals surface area (Å²) in [5.74, 6) is 0. The molecule has 0 aromatic heterocycles. The maximum atomic E-state index is 10.6. The van der Waals surface area contributed by atoms with E-state index in [1.165, 1.54) is 12.1 Å². The number of nitriles is 1. The third-order valence-electron chi connectivity index (χ3n) is 3.75. The lowest BCUT2D eigenvalue weighted by Crippen LogP contribution is -2.46. The van der Waals surface area contributed by atoms with Gasteiger partial charge in [-0.1, -0.05) is 0 Å². The van der Waals surface area contributed by atoms with Gasteiger partial charge in [-0.25, -0.2) is 0 Å². The summed E-state index contributed by atoms with van der Waals surface area (Å²) in [6.07, 6.45) is 3.80. The molecule has 1 aromatic rings. The average Bonchev–Trinajstić information content (AvgIpc) is 2.48. The molecule has 2 atom stereocenters. The molecule has 6 heteroatoms. The Morgan fingerprint density at radius 3 is 2.75 bits per heavy atom. The molecule has 1 saturated carbocycles. The van der Waals surface area contributed by atoms with Crippen molar-refractivity contribution in [2.24, 2.45) is 0 Å². The van der Waals surface area contributed by atoms with Crippen molar-refractivity contribution >= 4 is 17.4 Å². The van der Waals surface area contributed by atoms with Crippen molar-refractivity contribution in [1.82, 2.24) is 5.32 Å². The Bertz CT molecular complexity index is 526. The molecule has 5 nitrogen and oxygen atoms in total. The van der Waals surface area contributed by atoms with E-state index >= 15 is 0 Å². The molecule has 0 spiro atoms. The molecule has 20 heavy (non-hydrogen) atoms. The monoisotopic (exact) mass is 291 g/mol. The van der Waals surface area contributed by atoms with Crippen LogP contribution in [0.15, 0.2) is 29.2 Å². The van der Waals surface area contributed by atoms with Gasteiger partial charge in [0, 0.05) is 22.3 Å². The highest BCUT2D eigenvalue weighted by Gasteiger charge is 2.35. The Labute approximate surface area is 122 Å². The molecular formula is C14H17N3O2S. The standard InChI is InChI=1S/C14H17N3O2S/c1-16-14(10-15)8-2-3-13(9-14)20-12-6-4-11(5-7-12)17(18)19/h4-7,13,16H,2-3,8-9H2,1H3. The second-order valence-electron chi connectivity index (χ2n) is 5.03. The van der Waals surface area contributed by atoms with E-state index in [-0.39, 0.29) is 5.69 Å². The fourth-order valence-electron chi connectivity index (χ4n) is 2.55. The largest absolute Gasteiger partial charge is 0.302 e. The predicted octanol–water partition coefficient (Wildman–Crippen LogP) is 3.11. The van der Waals surface area contributed by atoms with Crippen LogP contribution < -0.4 is 5.32 Å². The number of nitro benzene ring substituents is 1. The van der Waals surface area contributed by atoms with Gasteiger partial charge in [-0.05, 0) is 44.9 Å². The molecule has 0 amide bonds. The maximum absolute atomic E-state index is 10.6. The number of hydrogen-bond donors (Lipinski definition) is 1. The quantitative estimate of drug-likeness (QED) is 0.681. The zero-order chi connectivity index (χ0) is 14.6. The first-order valence-corrected chi connectivity index (χ1v) is 7.48. The minimum Gasteiger partial charge on any atom is -0.302 e. The van der Waals surface area contributed by atoms with E-state index in [0.717, 1.165) is 30.6 Å². The van der Waals surface area contributed by atoms with Crippen LogP contribution in [0.5, 0.6) is 0 Å². The molecule has 1 aliphatic rings. The lowest BCUT2D eigenvalue weighted by atomic mass is 9.83. The molecule has 106 valence electrons. The van der Waals surface area contributed by atoms with E-state index in [9.17, 15) is 15.4 Å². The lowest BCUT2D eigenvalue weighted by Gasteiger charge is -2.35. The van der Waals surface area contributed by atoms with Gasteiger partial charge < -0.3 is 5.32 Å². The molecule has 1 fully saturated rings. The van der Waals surface area contributed by atoms with Gasteiger partial charge in [-0.3, -0.25) is 10.1 Å². The van der Waals surface area contributed by atoms with Crippen molar-refractivity contribution < 1.29 is 4.92 Å². The van der Waals surface area contributed by atoms with E-state index in [0.29, 0.717) is 5.25 Å². The zero-order valence-electron chi connectivity index (χ0n) is 11.3. The normalized spacial score (nSPS) is 25.9. The maximum Gasteiger partial charge on any atom is 0.269 e. The zero-order valence-corrected chi connectivity index (χ0v) is 12.2.